The van der Waals surface area contributed by atoms with Crippen LogP contribution in [0, 0.1) is 5.41 Å². The molecule has 0 unspecified atom stereocenters. The molecule has 0 spiro atoms. The second-order valence-electron chi connectivity index (χ2n) is 6.29. The van der Waals surface area contributed by atoms with Crippen molar-refractivity contribution in [2.24, 2.45) is 16.3 Å². The Bertz CT molecular complexity index is 354. The lowest BCUT2D eigenvalue weighted by molar-refractivity contribution is -0.130. The number of amidine groups is 1. The van der Waals surface area contributed by atoms with Crippen LogP contribution < -0.4 is 11.1 Å². The molecule has 1 fully saturated rings. The molecule has 0 bridgehead atoms. The zero-order valence-electron chi connectivity index (χ0n) is 13.0. The summed E-state index contributed by atoms with van der Waals surface area (Å²) in [6, 6.07) is 0. The van der Waals surface area contributed by atoms with E-state index in [4.69, 9.17) is 10.9 Å². The summed E-state index contributed by atoms with van der Waals surface area (Å²) >= 11 is 0. The van der Waals surface area contributed by atoms with Crippen LogP contribution in [0.4, 0.5) is 0 Å². The third-order valence-electron chi connectivity index (χ3n) is 4.51. The van der Waals surface area contributed by atoms with E-state index in [-0.39, 0.29) is 17.3 Å². The van der Waals surface area contributed by atoms with E-state index >= 15 is 0 Å². The lowest BCUT2D eigenvalue weighted by Gasteiger charge is -2.35. The molecule has 0 aromatic rings. The van der Waals surface area contributed by atoms with Crippen LogP contribution in [0.2, 0.25) is 0 Å². The van der Waals surface area contributed by atoms with Crippen molar-refractivity contribution in [3.8, 4) is 0 Å². The van der Waals surface area contributed by atoms with Gasteiger partial charge in [-0.2, -0.15) is 0 Å². The largest absolute Gasteiger partial charge is 0.409 e. The number of nitrogens with two attached hydrogens (primary N) is 1. The highest BCUT2D eigenvalue weighted by Gasteiger charge is 2.44. The van der Waals surface area contributed by atoms with Crippen molar-refractivity contribution >= 4 is 11.7 Å². The molecule has 0 aromatic carbocycles. The van der Waals surface area contributed by atoms with Crippen molar-refractivity contribution in [3.05, 3.63) is 0 Å². The van der Waals surface area contributed by atoms with Gasteiger partial charge in [0.25, 0.3) is 0 Å². The van der Waals surface area contributed by atoms with Gasteiger partial charge in [0.2, 0.25) is 5.91 Å². The summed E-state index contributed by atoms with van der Waals surface area (Å²) in [5.41, 5.74) is 4.87. The number of rotatable bonds is 7. The van der Waals surface area contributed by atoms with Crippen LogP contribution in [0.3, 0.4) is 0 Å². The highest BCUT2D eigenvalue weighted by atomic mass is 16.4. The maximum absolute atomic E-state index is 12.8. The Hall–Kier alpha value is -1.26. The van der Waals surface area contributed by atoms with Gasteiger partial charge in [-0.1, -0.05) is 44.7 Å². The first-order valence-corrected chi connectivity index (χ1v) is 7.74. The molecule has 1 saturated carbocycles. The summed E-state index contributed by atoms with van der Waals surface area (Å²) in [6.07, 6.45) is 7.16. The van der Waals surface area contributed by atoms with E-state index in [1.54, 1.807) is 0 Å². The van der Waals surface area contributed by atoms with E-state index < -0.39 is 5.41 Å². The van der Waals surface area contributed by atoms with E-state index in [1.807, 2.05) is 13.8 Å². The average molecular weight is 283 g/mol. The van der Waals surface area contributed by atoms with Crippen molar-refractivity contribution in [2.45, 2.75) is 77.7 Å². The summed E-state index contributed by atoms with van der Waals surface area (Å²) in [5.74, 6) is -0.0406. The summed E-state index contributed by atoms with van der Waals surface area (Å²) in [4.78, 5) is 12.8. The second kappa shape index (κ2) is 6.95. The van der Waals surface area contributed by atoms with Crippen LogP contribution >= 0.6 is 0 Å². The molecule has 0 saturated heterocycles. The van der Waals surface area contributed by atoms with Gasteiger partial charge in [0.05, 0.1) is 0 Å². The van der Waals surface area contributed by atoms with Crippen LogP contribution in [-0.2, 0) is 4.79 Å². The predicted molar refractivity (Wildman–Crippen MR) is 80.7 cm³/mol. The molecule has 0 aliphatic heterocycles. The van der Waals surface area contributed by atoms with E-state index in [0.717, 1.165) is 38.5 Å². The van der Waals surface area contributed by atoms with Crippen molar-refractivity contribution in [2.75, 3.05) is 0 Å². The van der Waals surface area contributed by atoms with Gasteiger partial charge in [-0.05, 0) is 32.6 Å². The first-order chi connectivity index (χ1) is 9.44. The molecular formula is C15H29N3O2. The fourth-order valence-corrected chi connectivity index (χ4v) is 3.35. The Kier molecular flexibility index (Phi) is 5.84. The van der Waals surface area contributed by atoms with E-state index in [2.05, 4.69) is 17.4 Å². The van der Waals surface area contributed by atoms with Gasteiger partial charge in [0, 0.05) is 5.54 Å². The van der Waals surface area contributed by atoms with Crippen molar-refractivity contribution in [1.29, 1.82) is 0 Å². The normalized spacial score (nSPS) is 19.1. The quantitative estimate of drug-likeness (QED) is 0.290. The number of carbonyl (C=O) groups is 1. The minimum atomic E-state index is -0.871. The van der Waals surface area contributed by atoms with Crippen LogP contribution in [0.15, 0.2) is 5.16 Å². The van der Waals surface area contributed by atoms with Crippen LogP contribution in [0.5, 0.6) is 0 Å². The Balaban J connectivity index is 2.98. The predicted octanol–water partition coefficient (Wildman–Crippen LogP) is 2.77. The number of oxime groups is 1. The zero-order chi connectivity index (χ0) is 15.2. The fraction of sp³-hybridized carbons (Fsp3) is 0.867. The molecule has 1 rings (SSSR count). The first-order valence-electron chi connectivity index (χ1n) is 7.74. The molecule has 5 heteroatoms. The standard InChI is InChI=1S/C15H29N3O2/c1-4-8-15(9-5-2,12(16)18-20)13(19)17-14(3)10-6-7-11-14/h20H,4-11H2,1-3H3,(H2,16,18)(H,17,19). The molecule has 0 aromatic heterocycles. The molecular weight excluding hydrogens is 254 g/mol. The van der Waals surface area contributed by atoms with E-state index in [1.165, 1.54) is 0 Å². The number of hydrogen-bond acceptors (Lipinski definition) is 3. The lowest BCUT2D eigenvalue weighted by atomic mass is 9.76. The van der Waals surface area contributed by atoms with Crippen molar-refractivity contribution < 1.29 is 10.0 Å². The lowest BCUT2D eigenvalue weighted by Crippen LogP contribution is -2.55. The number of nitrogens with one attached hydrogen (secondary N) is 1. The average Bonchev–Trinajstić information content (AvgIpc) is 2.83. The smallest absolute Gasteiger partial charge is 0.234 e. The highest BCUT2D eigenvalue weighted by molar-refractivity contribution is 6.06. The maximum atomic E-state index is 12.8. The van der Waals surface area contributed by atoms with Gasteiger partial charge < -0.3 is 16.3 Å². The Labute approximate surface area is 122 Å². The molecule has 1 amide bonds. The van der Waals surface area contributed by atoms with Crippen LogP contribution in [0.1, 0.15) is 72.1 Å². The van der Waals surface area contributed by atoms with Crippen molar-refractivity contribution in [1.82, 2.24) is 5.32 Å². The molecule has 4 N–H and O–H groups in total. The monoisotopic (exact) mass is 283 g/mol. The molecule has 0 atom stereocenters. The third kappa shape index (κ3) is 3.44. The third-order valence-corrected chi connectivity index (χ3v) is 4.51. The summed E-state index contributed by atoms with van der Waals surface area (Å²) in [6.45, 7) is 6.12. The summed E-state index contributed by atoms with van der Waals surface area (Å²) < 4.78 is 0. The zero-order valence-corrected chi connectivity index (χ0v) is 13.0. The Morgan fingerprint density at radius 3 is 2.20 bits per heavy atom. The first kappa shape index (κ1) is 16.8. The fourth-order valence-electron chi connectivity index (χ4n) is 3.35. The molecule has 0 radical (unpaired) electrons. The van der Waals surface area contributed by atoms with E-state index in [9.17, 15) is 4.79 Å². The Morgan fingerprint density at radius 2 is 1.80 bits per heavy atom. The molecule has 1 aliphatic carbocycles. The maximum Gasteiger partial charge on any atom is 0.234 e. The molecule has 1 aliphatic rings. The summed E-state index contributed by atoms with van der Waals surface area (Å²) in [7, 11) is 0. The SMILES string of the molecule is CCCC(CCC)(C(=O)NC1(C)CCCC1)C(N)=NO. The van der Waals surface area contributed by atoms with Crippen molar-refractivity contribution in [3.63, 3.8) is 0 Å². The van der Waals surface area contributed by atoms with Gasteiger partial charge >= 0.3 is 0 Å². The van der Waals surface area contributed by atoms with Gasteiger partial charge in [-0.3, -0.25) is 4.79 Å². The molecule has 5 nitrogen and oxygen atoms in total. The Morgan fingerprint density at radius 1 is 1.30 bits per heavy atom. The molecule has 116 valence electrons. The van der Waals surface area contributed by atoms with Gasteiger partial charge in [0.15, 0.2) is 5.84 Å². The minimum Gasteiger partial charge on any atom is -0.409 e. The van der Waals surface area contributed by atoms with Gasteiger partial charge in [0.1, 0.15) is 5.41 Å². The second-order valence-corrected chi connectivity index (χ2v) is 6.29. The number of hydrogen-bond donors (Lipinski definition) is 3. The van der Waals surface area contributed by atoms with Crippen LogP contribution in [0.25, 0.3) is 0 Å². The number of nitrogens with zero attached hydrogens (tertiary/aromatic N) is 1. The number of amides is 1. The minimum absolute atomic E-state index is 0.0419. The summed E-state index contributed by atoms with van der Waals surface area (Å²) in [5, 5.41) is 15.4. The topological polar surface area (TPSA) is 87.7 Å². The molecule has 0 heterocycles. The molecule has 20 heavy (non-hydrogen) atoms. The van der Waals surface area contributed by atoms with E-state index in [0.29, 0.717) is 12.8 Å². The highest BCUT2D eigenvalue weighted by Crippen LogP contribution is 2.34. The van der Waals surface area contributed by atoms with Gasteiger partial charge in [-0.15, -0.1) is 0 Å². The van der Waals surface area contributed by atoms with Gasteiger partial charge in [-0.25, -0.2) is 0 Å². The van der Waals surface area contributed by atoms with Crippen LogP contribution in [-0.4, -0.2) is 22.5 Å². The number of carbonyl (C=O) groups excluding carboxylic acids is 1.